The van der Waals surface area contributed by atoms with Crippen molar-refractivity contribution in [3.8, 4) is 11.3 Å². The molecule has 0 aliphatic carbocycles. The van der Waals surface area contributed by atoms with Crippen LogP contribution in [0.2, 0.25) is 0 Å². The number of nitrogens with zero attached hydrogens (tertiary/aromatic N) is 3. The summed E-state index contributed by atoms with van der Waals surface area (Å²) in [6.07, 6.45) is -1.32. The second-order valence-electron chi connectivity index (χ2n) is 5.57. The highest BCUT2D eigenvalue weighted by Gasteiger charge is 2.35. The summed E-state index contributed by atoms with van der Waals surface area (Å²) in [5, 5.41) is 11.6. The van der Waals surface area contributed by atoms with E-state index in [-0.39, 0.29) is 30.9 Å². The van der Waals surface area contributed by atoms with Crippen LogP contribution >= 0.6 is 0 Å². The van der Waals surface area contributed by atoms with E-state index in [9.17, 15) is 18.0 Å². The summed E-state index contributed by atoms with van der Waals surface area (Å²) >= 11 is 0. The number of nitrogens with one attached hydrogen (secondary N) is 1. The van der Waals surface area contributed by atoms with Crippen molar-refractivity contribution in [2.75, 3.05) is 11.9 Å². The lowest BCUT2D eigenvalue weighted by molar-refractivity contribution is -0.142. The van der Waals surface area contributed by atoms with E-state index in [0.29, 0.717) is 11.3 Å². The van der Waals surface area contributed by atoms with Gasteiger partial charge in [-0.2, -0.15) is 13.2 Å². The maximum atomic E-state index is 13.4. The Hall–Kier alpha value is -3.10. The SMILES string of the molecule is O=C(O)CCCNc1c(-c2ccncc2)nc2cccc(C(F)(F)F)n12. The van der Waals surface area contributed by atoms with E-state index in [0.717, 1.165) is 10.5 Å². The lowest BCUT2D eigenvalue weighted by atomic mass is 10.2. The van der Waals surface area contributed by atoms with Crippen molar-refractivity contribution in [3.05, 3.63) is 48.4 Å². The Morgan fingerprint density at radius 2 is 1.92 bits per heavy atom. The van der Waals surface area contributed by atoms with Gasteiger partial charge in [0, 0.05) is 30.9 Å². The first-order valence-corrected chi connectivity index (χ1v) is 7.82. The third-order valence-electron chi connectivity index (χ3n) is 3.75. The summed E-state index contributed by atoms with van der Waals surface area (Å²) in [6.45, 7) is 0.199. The summed E-state index contributed by atoms with van der Waals surface area (Å²) in [5.74, 6) is -0.792. The molecule has 26 heavy (non-hydrogen) atoms. The zero-order chi connectivity index (χ0) is 18.7. The molecule has 0 amide bonds. The summed E-state index contributed by atoms with van der Waals surface area (Å²) in [6, 6.07) is 7.07. The molecule has 3 aromatic rings. The number of hydrogen-bond donors (Lipinski definition) is 2. The molecule has 3 rings (SSSR count). The summed E-state index contributed by atoms with van der Waals surface area (Å²) in [7, 11) is 0. The number of aliphatic carboxylic acids is 1. The Bertz CT molecular complexity index is 923. The number of pyridine rings is 2. The van der Waals surface area contributed by atoms with Gasteiger partial charge in [0.25, 0.3) is 0 Å². The van der Waals surface area contributed by atoms with Crippen molar-refractivity contribution in [1.82, 2.24) is 14.4 Å². The molecule has 0 spiro atoms. The molecule has 0 aromatic carbocycles. The number of carboxylic acids is 1. The van der Waals surface area contributed by atoms with Crippen LogP contribution in [0.15, 0.2) is 42.7 Å². The smallest absolute Gasteiger partial charge is 0.431 e. The van der Waals surface area contributed by atoms with E-state index in [4.69, 9.17) is 5.11 Å². The first-order valence-electron chi connectivity index (χ1n) is 7.82. The van der Waals surface area contributed by atoms with Crippen molar-refractivity contribution in [3.63, 3.8) is 0 Å². The van der Waals surface area contributed by atoms with Crippen LogP contribution in [-0.2, 0) is 11.0 Å². The quantitative estimate of drug-likeness (QED) is 0.652. The van der Waals surface area contributed by atoms with Crippen molar-refractivity contribution in [1.29, 1.82) is 0 Å². The van der Waals surface area contributed by atoms with Gasteiger partial charge in [-0.25, -0.2) is 4.98 Å². The zero-order valence-electron chi connectivity index (χ0n) is 13.5. The minimum Gasteiger partial charge on any atom is -0.481 e. The molecule has 9 heteroatoms. The van der Waals surface area contributed by atoms with Gasteiger partial charge in [-0.1, -0.05) is 6.07 Å². The molecule has 0 atom stereocenters. The molecule has 3 heterocycles. The predicted octanol–water partition coefficient (Wildman–Crippen LogP) is 3.69. The van der Waals surface area contributed by atoms with Crippen molar-refractivity contribution < 1.29 is 23.1 Å². The fourth-order valence-electron chi connectivity index (χ4n) is 2.63. The Balaban J connectivity index is 2.11. The molecule has 6 nitrogen and oxygen atoms in total. The molecule has 2 N–H and O–H groups in total. The normalized spacial score (nSPS) is 11.7. The molecule has 3 aromatic heterocycles. The van der Waals surface area contributed by atoms with Crippen molar-refractivity contribution >= 4 is 17.4 Å². The number of carboxylic acid groups (broad SMARTS) is 1. The number of aromatic nitrogens is 3. The Kier molecular flexibility index (Phi) is 4.79. The molecule has 0 fully saturated rings. The summed E-state index contributed by atoms with van der Waals surface area (Å²) in [5.41, 5.74) is 0.243. The Morgan fingerprint density at radius 1 is 1.19 bits per heavy atom. The van der Waals surface area contributed by atoms with E-state index in [2.05, 4.69) is 15.3 Å². The van der Waals surface area contributed by atoms with E-state index in [1.54, 1.807) is 12.1 Å². The van der Waals surface area contributed by atoms with Gasteiger partial charge in [0.15, 0.2) is 0 Å². The van der Waals surface area contributed by atoms with Gasteiger partial charge in [-0.05, 0) is 30.7 Å². The lowest BCUT2D eigenvalue weighted by Crippen LogP contribution is -2.14. The molecule has 0 bridgehead atoms. The van der Waals surface area contributed by atoms with Crippen molar-refractivity contribution in [2.24, 2.45) is 0 Å². The van der Waals surface area contributed by atoms with Crippen LogP contribution < -0.4 is 5.32 Å². The number of anilines is 1. The van der Waals surface area contributed by atoms with Gasteiger partial charge in [0.1, 0.15) is 22.9 Å². The summed E-state index contributed by atoms with van der Waals surface area (Å²) < 4.78 is 41.3. The minimum absolute atomic E-state index is 0.0829. The van der Waals surface area contributed by atoms with Gasteiger partial charge < -0.3 is 10.4 Å². The fourth-order valence-corrected chi connectivity index (χ4v) is 2.63. The third-order valence-corrected chi connectivity index (χ3v) is 3.75. The highest BCUT2D eigenvalue weighted by atomic mass is 19.4. The average molecular weight is 364 g/mol. The Labute approximate surface area is 146 Å². The average Bonchev–Trinajstić information content (AvgIpc) is 2.97. The number of alkyl halides is 3. The van der Waals surface area contributed by atoms with Gasteiger partial charge in [-0.15, -0.1) is 0 Å². The second kappa shape index (κ2) is 7.03. The van der Waals surface area contributed by atoms with E-state index in [1.807, 2.05) is 0 Å². The molecule has 0 saturated carbocycles. The molecule has 0 aliphatic rings. The minimum atomic E-state index is -4.56. The maximum Gasteiger partial charge on any atom is 0.431 e. The van der Waals surface area contributed by atoms with Crippen LogP contribution in [0.3, 0.4) is 0 Å². The van der Waals surface area contributed by atoms with E-state index >= 15 is 0 Å². The Morgan fingerprint density at radius 3 is 2.58 bits per heavy atom. The molecule has 0 unspecified atom stereocenters. The van der Waals surface area contributed by atoms with Crippen LogP contribution in [-0.4, -0.2) is 32.0 Å². The molecular formula is C17H15F3N4O2. The van der Waals surface area contributed by atoms with E-state index in [1.165, 1.54) is 24.5 Å². The predicted molar refractivity (Wildman–Crippen MR) is 88.8 cm³/mol. The largest absolute Gasteiger partial charge is 0.481 e. The highest BCUT2D eigenvalue weighted by Crippen LogP contribution is 2.35. The van der Waals surface area contributed by atoms with Crippen LogP contribution in [0, 0.1) is 0 Å². The lowest BCUT2D eigenvalue weighted by Gasteiger charge is -2.13. The number of hydrogen-bond acceptors (Lipinski definition) is 4. The first-order chi connectivity index (χ1) is 12.4. The molecule has 0 radical (unpaired) electrons. The zero-order valence-corrected chi connectivity index (χ0v) is 13.5. The van der Waals surface area contributed by atoms with Gasteiger partial charge >= 0.3 is 12.1 Å². The highest BCUT2D eigenvalue weighted by molar-refractivity contribution is 5.76. The van der Waals surface area contributed by atoms with Crippen LogP contribution in [0.25, 0.3) is 16.9 Å². The number of halogens is 3. The molecule has 0 aliphatic heterocycles. The maximum absolute atomic E-state index is 13.4. The van der Waals surface area contributed by atoms with Crippen molar-refractivity contribution in [2.45, 2.75) is 19.0 Å². The molecule has 136 valence electrons. The number of rotatable bonds is 6. The van der Waals surface area contributed by atoms with Crippen LogP contribution in [0.4, 0.5) is 19.0 Å². The first kappa shape index (κ1) is 17.7. The van der Waals surface area contributed by atoms with Gasteiger partial charge in [0.2, 0.25) is 0 Å². The molecule has 0 saturated heterocycles. The number of carbonyl (C=O) groups is 1. The molecular weight excluding hydrogens is 349 g/mol. The topological polar surface area (TPSA) is 79.5 Å². The standard InChI is InChI=1S/C17H15F3N4O2/c18-17(19,20)12-3-1-4-13-23-15(11-6-9-21-10-7-11)16(24(12)13)22-8-2-5-14(25)26/h1,3-4,6-7,9-10,22H,2,5,8H2,(H,25,26). The third kappa shape index (κ3) is 3.61. The van der Waals surface area contributed by atoms with Crippen LogP contribution in [0.1, 0.15) is 18.5 Å². The number of fused-ring (bicyclic) bond motifs is 1. The second-order valence-corrected chi connectivity index (χ2v) is 5.57. The number of imidazole rings is 1. The fraction of sp³-hybridized carbons (Fsp3) is 0.235. The monoisotopic (exact) mass is 364 g/mol. The van der Waals surface area contributed by atoms with E-state index < -0.39 is 17.8 Å². The van der Waals surface area contributed by atoms with Gasteiger partial charge in [-0.3, -0.25) is 14.2 Å². The van der Waals surface area contributed by atoms with Crippen LogP contribution in [0.5, 0.6) is 0 Å². The van der Waals surface area contributed by atoms with Gasteiger partial charge in [0.05, 0.1) is 0 Å². The summed E-state index contributed by atoms with van der Waals surface area (Å²) in [4.78, 5) is 18.9.